The second kappa shape index (κ2) is 7.02. The highest BCUT2D eigenvalue weighted by atomic mass is 35.5. The number of hydrogen-bond acceptors (Lipinski definition) is 3. The molecule has 1 aliphatic rings. The first kappa shape index (κ1) is 15.9. The van der Waals surface area contributed by atoms with Crippen LogP contribution in [0.3, 0.4) is 0 Å². The van der Waals surface area contributed by atoms with Crippen molar-refractivity contribution in [2.24, 2.45) is 0 Å². The standard InChI is InChI=1S/C13H18ClNO3S2/c14-7-1-2-12-3-5-13(6-4-12)20(17,18)15-8-10-19(16)11-9-15/h3-6H,1-2,7-11H2. The molecule has 2 rings (SSSR count). The minimum atomic E-state index is -3.45. The maximum Gasteiger partial charge on any atom is 0.243 e. The van der Waals surface area contributed by atoms with E-state index in [-0.39, 0.29) is 0 Å². The second-order valence-corrected chi connectivity index (χ2v) is 8.70. The Labute approximate surface area is 127 Å². The fourth-order valence-corrected chi connectivity index (χ4v) is 4.97. The van der Waals surface area contributed by atoms with Gasteiger partial charge in [-0.05, 0) is 30.5 Å². The van der Waals surface area contributed by atoms with Crippen LogP contribution in [0, 0.1) is 0 Å². The van der Waals surface area contributed by atoms with Crippen LogP contribution >= 0.6 is 11.6 Å². The third-order valence-electron chi connectivity index (χ3n) is 3.30. The molecule has 0 unspecified atom stereocenters. The normalized spacial score (nSPS) is 18.2. The van der Waals surface area contributed by atoms with Crippen molar-refractivity contribution in [2.75, 3.05) is 30.5 Å². The largest absolute Gasteiger partial charge is 0.259 e. The zero-order valence-corrected chi connectivity index (χ0v) is 13.5. The number of alkyl halides is 1. The van der Waals surface area contributed by atoms with Gasteiger partial charge in [0.2, 0.25) is 10.0 Å². The number of nitrogens with zero attached hydrogens (tertiary/aromatic N) is 1. The summed E-state index contributed by atoms with van der Waals surface area (Å²) in [6.45, 7) is 0.673. The molecule has 0 spiro atoms. The average molecular weight is 336 g/mol. The Hall–Kier alpha value is -0.430. The Morgan fingerprint density at radius 3 is 2.30 bits per heavy atom. The number of aryl methyl sites for hydroxylation is 1. The molecule has 1 aliphatic heterocycles. The second-order valence-electron chi connectivity index (χ2n) is 4.69. The molecule has 0 aliphatic carbocycles. The van der Waals surface area contributed by atoms with E-state index in [2.05, 4.69) is 0 Å². The Balaban J connectivity index is 2.11. The van der Waals surface area contributed by atoms with Gasteiger partial charge in [0.15, 0.2) is 0 Å². The highest BCUT2D eigenvalue weighted by molar-refractivity contribution is 7.89. The quantitative estimate of drug-likeness (QED) is 0.768. The van der Waals surface area contributed by atoms with E-state index in [1.165, 1.54) is 4.31 Å². The van der Waals surface area contributed by atoms with Crippen LogP contribution in [0.5, 0.6) is 0 Å². The molecule has 1 aromatic carbocycles. The number of halogens is 1. The van der Waals surface area contributed by atoms with Gasteiger partial charge in [-0.1, -0.05) is 12.1 Å². The van der Waals surface area contributed by atoms with E-state index in [0.717, 1.165) is 18.4 Å². The SMILES string of the molecule is O=S1CCN(S(=O)(=O)c2ccc(CCCCl)cc2)CC1. The molecule has 0 radical (unpaired) electrons. The van der Waals surface area contributed by atoms with Gasteiger partial charge in [0.25, 0.3) is 0 Å². The van der Waals surface area contributed by atoms with E-state index in [1.807, 2.05) is 12.1 Å². The summed E-state index contributed by atoms with van der Waals surface area (Å²) in [6.07, 6.45) is 1.73. The fraction of sp³-hybridized carbons (Fsp3) is 0.538. The predicted molar refractivity (Wildman–Crippen MR) is 82.1 cm³/mol. The molecule has 0 atom stereocenters. The number of benzene rings is 1. The lowest BCUT2D eigenvalue weighted by molar-refractivity contribution is 0.438. The van der Waals surface area contributed by atoms with E-state index in [4.69, 9.17) is 11.6 Å². The first-order valence-corrected chi connectivity index (χ1v) is 10.0. The average Bonchev–Trinajstić information content (AvgIpc) is 2.46. The molecule has 1 saturated heterocycles. The minimum absolute atomic E-state index is 0.305. The summed E-state index contributed by atoms with van der Waals surface area (Å²) in [7, 11) is -4.33. The molecule has 0 amide bonds. The fourth-order valence-electron chi connectivity index (χ4n) is 2.11. The van der Waals surface area contributed by atoms with Crippen molar-refractivity contribution in [3.05, 3.63) is 29.8 Å². The van der Waals surface area contributed by atoms with Crippen molar-refractivity contribution in [3.63, 3.8) is 0 Å². The first-order valence-electron chi connectivity index (χ1n) is 6.54. The zero-order chi connectivity index (χ0) is 14.6. The van der Waals surface area contributed by atoms with Crippen LogP contribution in [-0.2, 0) is 27.2 Å². The van der Waals surface area contributed by atoms with Gasteiger partial charge in [-0.15, -0.1) is 11.6 Å². The molecule has 7 heteroatoms. The van der Waals surface area contributed by atoms with Gasteiger partial charge in [0, 0.05) is 41.3 Å². The van der Waals surface area contributed by atoms with Crippen LogP contribution in [-0.4, -0.2) is 47.4 Å². The summed E-state index contributed by atoms with van der Waals surface area (Å²) in [6, 6.07) is 6.96. The van der Waals surface area contributed by atoms with Crippen LogP contribution in [0.15, 0.2) is 29.2 Å². The van der Waals surface area contributed by atoms with Gasteiger partial charge in [-0.3, -0.25) is 4.21 Å². The zero-order valence-electron chi connectivity index (χ0n) is 11.1. The van der Waals surface area contributed by atoms with Crippen molar-refractivity contribution in [2.45, 2.75) is 17.7 Å². The van der Waals surface area contributed by atoms with Crippen molar-refractivity contribution >= 4 is 32.4 Å². The Morgan fingerprint density at radius 1 is 1.15 bits per heavy atom. The van der Waals surface area contributed by atoms with Gasteiger partial charge < -0.3 is 0 Å². The van der Waals surface area contributed by atoms with Gasteiger partial charge in [-0.2, -0.15) is 4.31 Å². The molecule has 112 valence electrons. The third kappa shape index (κ3) is 3.81. The van der Waals surface area contributed by atoms with Gasteiger partial charge in [-0.25, -0.2) is 8.42 Å². The molecule has 4 nitrogen and oxygen atoms in total. The van der Waals surface area contributed by atoms with Crippen LogP contribution in [0.4, 0.5) is 0 Å². The first-order chi connectivity index (χ1) is 9.54. The summed E-state index contributed by atoms with van der Waals surface area (Å²) in [5, 5.41) is 0. The molecule has 0 bridgehead atoms. The van der Waals surface area contributed by atoms with Gasteiger partial charge in [0.1, 0.15) is 0 Å². The molecular weight excluding hydrogens is 318 g/mol. The molecule has 1 aromatic rings. The number of rotatable bonds is 5. The highest BCUT2D eigenvalue weighted by Crippen LogP contribution is 2.18. The number of hydrogen-bond donors (Lipinski definition) is 0. The molecule has 0 N–H and O–H groups in total. The lowest BCUT2D eigenvalue weighted by Gasteiger charge is -2.25. The van der Waals surface area contributed by atoms with Crippen LogP contribution in [0.2, 0.25) is 0 Å². The molecule has 1 fully saturated rings. The lowest BCUT2D eigenvalue weighted by atomic mass is 10.1. The smallest absolute Gasteiger partial charge is 0.243 e. The van der Waals surface area contributed by atoms with E-state index >= 15 is 0 Å². The van der Waals surface area contributed by atoms with Crippen LogP contribution in [0.25, 0.3) is 0 Å². The lowest BCUT2D eigenvalue weighted by Crippen LogP contribution is -2.41. The van der Waals surface area contributed by atoms with Gasteiger partial charge >= 0.3 is 0 Å². The van der Waals surface area contributed by atoms with Gasteiger partial charge in [0.05, 0.1) is 4.90 Å². The maximum atomic E-state index is 12.4. The summed E-state index contributed by atoms with van der Waals surface area (Å²) < 4.78 is 37.6. The monoisotopic (exact) mass is 335 g/mol. The Bertz CT molecular complexity index is 562. The van der Waals surface area contributed by atoms with Crippen molar-refractivity contribution in [1.82, 2.24) is 4.31 Å². The molecule has 1 heterocycles. The Kier molecular flexibility index (Phi) is 5.60. The van der Waals surface area contributed by atoms with E-state index < -0.39 is 20.8 Å². The van der Waals surface area contributed by atoms with E-state index in [9.17, 15) is 12.6 Å². The van der Waals surface area contributed by atoms with Crippen molar-refractivity contribution in [3.8, 4) is 0 Å². The molecular formula is C13H18ClNO3S2. The summed E-state index contributed by atoms with van der Waals surface area (Å²) in [5.74, 6) is 1.45. The summed E-state index contributed by atoms with van der Waals surface area (Å²) in [4.78, 5) is 0.305. The van der Waals surface area contributed by atoms with Crippen LogP contribution in [0.1, 0.15) is 12.0 Å². The molecule has 0 aromatic heterocycles. The summed E-state index contributed by atoms with van der Waals surface area (Å²) in [5.41, 5.74) is 1.09. The molecule has 0 saturated carbocycles. The topological polar surface area (TPSA) is 54.5 Å². The maximum absolute atomic E-state index is 12.4. The minimum Gasteiger partial charge on any atom is -0.259 e. The van der Waals surface area contributed by atoms with Crippen molar-refractivity contribution < 1.29 is 12.6 Å². The third-order valence-corrected chi connectivity index (χ3v) is 6.75. The number of sulfonamides is 1. The van der Waals surface area contributed by atoms with Crippen LogP contribution < -0.4 is 0 Å². The molecule has 20 heavy (non-hydrogen) atoms. The Morgan fingerprint density at radius 2 is 1.75 bits per heavy atom. The van der Waals surface area contributed by atoms with Crippen molar-refractivity contribution in [1.29, 1.82) is 0 Å². The summed E-state index contributed by atoms with van der Waals surface area (Å²) >= 11 is 5.64. The highest BCUT2D eigenvalue weighted by Gasteiger charge is 2.27. The predicted octanol–water partition coefficient (Wildman–Crippen LogP) is 1.61. The van der Waals surface area contributed by atoms with E-state index in [0.29, 0.717) is 35.4 Å². The van der Waals surface area contributed by atoms with E-state index in [1.54, 1.807) is 12.1 Å².